The highest BCUT2D eigenvalue weighted by Crippen LogP contribution is 2.28. The van der Waals surface area contributed by atoms with Crippen molar-refractivity contribution in [1.82, 2.24) is 14.9 Å². The van der Waals surface area contributed by atoms with Crippen molar-refractivity contribution in [2.45, 2.75) is 45.1 Å². The molecule has 5 nitrogen and oxygen atoms in total. The molecular formula is C15H21N3O2. The van der Waals surface area contributed by atoms with Crippen LogP contribution in [0.1, 0.15) is 55.9 Å². The highest BCUT2D eigenvalue weighted by molar-refractivity contribution is 5.11. The third-order valence-electron chi connectivity index (χ3n) is 3.96. The summed E-state index contributed by atoms with van der Waals surface area (Å²) in [6.45, 7) is 7.26. The summed E-state index contributed by atoms with van der Waals surface area (Å²) in [6.07, 6.45) is 7.13. The largest absolute Gasteiger partial charge is 0.449 e. The standard InChI is InChI=1S/C15H21N3O2/c1-11(2)14-13(17-10-20-14)9-18-6-3-12(4-7-18)15-16-5-8-19-15/h5,8,10-12H,3-4,6-7,9H2,1-2H3. The zero-order chi connectivity index (χ0) is 13.9. The fraction of sp³-hybridized carbons (Fsp3) is 0.600. The number of aromatic nitrogens is 2. The Morgan fingerprint density at radius 2 is 2.05 bits per heavy atom. The van der Waals surface area contributed by atoms with Crippen LogP contribution in [0.25, 0.3) is 0 Å². The van der Waals surface area contributed by atoms with Crippen molar-refractivity contribution in [3.8, 4) is 0 Å². The number of rotatable bonds is 4. The molecule has 1 aliphatic rings. The Morgan fingerprint density at radius 1 is 1.25 bits per heavy atom. The predicted octanol–water partition coefficient (Wildman–Crippen LogP) is 3.17. The highest BCUT2D eigenvalue weighted by atomic mass is 16.3. The molecule has 0 bridgehead atoms. The number of likely N-dealkylation sites (tertiary alicyclic amines) is 1. The number of nitrogens with zero attached hydrogens (tertiary/aromatic N) is 3. The van der Waals surface area contributed by atoms with Gasteiger partial charge in [-0.15, -0.1) is 0 Å². The molecule has 0 saturated carbocycles. The van der Waals surface area contributed by atoms with Gasteiger partial charge >= 0.3 is 0 Å². The molecule has 0 aromatic carbocycles. The lowest BCUT2D eigenvalue weighted by molar-refractivity contribution is 0.190. The second-order valence-electron chi connectivity index (χ2n) is 5.74. The van der Waals surface area contributed by atoms with Gasteiger partial charge in [-0.05, 0) is 25.9 Å². The molecule has 0 spiro atoms. The monoisotopic (exact) mass is 275 g/mol. The molecule has 3 rings (SSSR count). The Kier molecular flexibility index (Phi) is 3.87. The molecule has 0 aliphatic carbocycles. The fourth-order valence-corrected chi connectivity index (χ4v) is 2.85. The van der Waals surface area contributed by atoms with Gasteiger partial charge < -0.3 is 8.83 Å². The summed E-state index contributed by atoms with van der Waals surface area (Å²) in [5.74, 6) is 2.74. The molecule has 2 aromatic heterocycles. The maximum Gasteiger partial charge on any atom is 0.197 e. The van der Waals surface area contributed by atoms with E-state index < -0.39 is 0 Å². The molecule has 1 aliphatic heterocycles. The molecule has 108 valence electrons. The summed E-state index contributed by atoms with van der Waals surface area (Å²) >= 11 is 0. The second-order valence-corrected chi connectivity index (χ2v) is 5.74. The Hall–Kier alpha value is -1.62. The smallest absolute Gasteiger partial charge is 0.197 e. The van der Waals surface area contributed by atoms with Crippen molar-refractivity contribution in [3.05, 3.63) is 36.2 Å². The minimum atomic E-state index is 0.386. The van der Waals surface area contributed by atoms with Gasteiger partial charge in [-0.1, -0.05) is 13.8 Å². The summed E-state index contributed by atoms with van der Waals surface area (Å²) in [4.78, 5) is 11.1. The van der Waals surface area contributed by atoms with E-state index in [4.69, 9.17) is 8.83 Å². The number of oxazole rings is 2. The van der Waals surface area contributed by atoms with Gasteiger partial charge in [-0.2, -0.15) is 0 Å². The topological polar surface area (TPSA) is 55.3 Å². The third kappa shape index (κ3) is 2.77. The molecule has 3 heterocycles. The quantitative estimate of drug-likeness (QED) is 0.857. The zero-order valence-electron chi connectivity index (χ0n) is 12.1. The maximum absolute atomic E-state index is 5.48. The SMILES string of the molecule is CC(C)c1ocnc1CN1CCC(c2ncco2)CC1. The molecule has 2 aromatic rings. The minimum absolute atomic E-state index is 0.386. The molecule has 20 heavy (non-hydrogen) atoms. The van der Waals surface area contributed by atoms with Crippen LogP contribution < -0.4 is 0 Å². The van der Waals surface area contributed by atoms with Crippen LogP contribution in [0.2, 0.25) is 0 Å². The van der Waals surface area contributed by atoms with E-state index in [1.807, 2.05) is 0 Å². The highest BCUT2D eigenvalue weighted by Gasteiger charge is 2.25. The van der Waals surface area contributed by atoms with Crippen molar-refractivity contribution < 1.29 is 8.83 Å². The summed E-state index contributed by atoms with van der Waals surface area (Å²) in [7, 11) is 0. The summed E-state index contributed by atoms with van der Waals surface area (Å²) < 4.78 is 10.9. The van der Waals surface area contributed by atoms with Crippen LogP contribution in [0, 0.1) is 0 Å². The van der Waals surface area contributed by atoms with E-state index in [1.54, 1.807) is 18.9 Å². The fourth-order valence-electron chi connectivity index (χ4n) is 2.85. The van der Waals surface area contributed by atoms with E-state index in [1.165, 1.54) is 0 Å². The Balaban J connectivity index is 1.57. The van der Waals surface area contributed by atoms with Crippen LogP contribution in [0.4, 0.5) is 0 Å². The van der Waals surface area contributed by atoms with Gasteiger partial charge in [-0.3, -0.25) is 4.90 Å². The van der Waals surface area contributed by atoms with Crippen LogP contribution in [-0.2, 0) is 6.54 Å². The van der Waals surface area contributed by atoms with E-state index in [2.05, 4.69) is 28.7 Å². The van der Waals surface area contributed by atoms with Gasteiger partial charge in [0, 0.05) is 18.4 Å². The zero-order valence-corrected chi connectivity index (χ0v) is 12.1. The minimum Gasteiger partial charge on any atom is -0.449 e. The molecule has 0 N–H and O–H groups in total. The molecule has 0 radical (unpaired) electrons. The van der Waals surface area contributed by atoms with Gasteiger partial charge in [0.1, 0.15) is 12.0 Å². The van der Waals surface area contributed by atoms with Gasteiger partial charge in [0.2, 0.25) is 0 Å². The van der Waals surface area contributed by atoms with Crippen molar-refractivity contribution >= 4 is 0 Å². The lowest BCUT2D eigenvalue weighted by Crippen LogP contribution is -2.33. The first-order chi connectivity index (χ1) is 9.74. The molecule has 0 unspecified atom stereocenters. The first kappa shape index (κ1) is 13.4. The first-order valence-electron chi connectivity index (χ1n) is 7.28. The number of hydrogen-bond acceptors (Lipinski definition) is 5. The van der Waals surface area contributed by atoms with Crippen LogP contribution in [0.15, 0.2) is 27.7 Å². The molecule has 1 saturated heterocycles. The van der Waals surface area contributed by atoms with Crippen molar-refractivity contribution in [3.63, 3.8) is 0 Å². The second kappa shape index (κ2) is 5.79. The van der Waals surface area contributed by atoms with E-state index in [-0.39, 0.29) is 0 Å². The van der Waals surface area contributed by atoms with E-state index in [9.17, 15) is 0 Å². The van der Waals surface area contributed by atoms with Crippen molar-refractivity contribution in [1.29, 1.82) is 0 Å². The normalized spacial score (nSPS) is 17.9. The average Bonchev–Trinajstić information content (AvgIpc) is 3.10. The Bertz CT molecular complexity index is 525. The molecule has 0 amide bonds. The van der Waals surface area contributed by atoms with Gasteiger partial charge in [0.15, 0.2) is 12.3 Å². The van der Waals surface area contributed by atoms with Crippen LogP contribution in [-0.4, -0.2) is 28.0 Å². The summed E-state index contributed by atoms with van der Waals surface area (Å²) in [5.41, 5.74) is 1.08. The van der Waals surface area contributed by atoms with Crippen molar-refractivity contribution in [2.24, 2.45) is 0 Å². The van der Waals surface area contributed by atoms with Gasteiger partial charge in [0.25, 0.3) is 0 Å². The van der Waals surface area contributed by atoms with E-state index in [0.717, 1.165) is 49.8 Å². The van der Waals surface area contributed by atoms with Gasteiger partial charge in [-0.25, -0.2) is 9.97 Å². The number of hydrogen-bond donors (Lipinski definition) is 0. The van der Waals surface area contributed by atoms with E-state index in [0.29, 0.717) is 11.8 Å². The summed E-state index contributed by atoms with van der Waals surface area (Å²) in [5, 5.41) is 0. The lowest BCUT2D eigenvalue weighted by Gasteiger charge is -2.30. The van der Waals surface area contributed by atoms with Crippen molar-refractivity contribution in [2.75, 3.05) is 13.1 Å². The number of piperidine rings is 1. The third-order valence-corrected chi connectivity index (χ3v) is 3.96. The van der Waals surface area contributed by atoms with Crippen LogP contribution in [0.3, 0.4) is 0 Å². The predicted molar refractivity (Wildman–Crippen MR) is 74.3 cm³/mol. The lowest BCUT2D eigenvalue weighted by atomic mass is 9.96. The van der Waals surface area contributed by atoms with E-state index >= 15 is 0 Å². The molecule has 1 fully saturated rings. The Labute approximate surface area is 119 Å². The van der Waals surface area contributed by atoms with Crippen LogP contribution >= 0.6 is 0 Å². The van der Waals surface area contributed by atoms with Crippen LogP contribution in [0.5, 0.6) is 0 Å². The molecule has 0 atom stereocenters. The van der Waals surface area contributed by atoms with Gasteiger partial charge in [0.05, 0.1) is 11.9 Å². The average molecular weight is 275 g/mol. The molecule has 5 heteroatoms. The first-order valence-corrected chi connectivity index (χ1v) is 7.28. The summed E-state index contributed by atoms with van der Waals surface area (Å²) in [6, 6.07) is 0. The Morgan fingerprint density at radius 3 is 2.70 bits per heavy atom. The maximum atomic E-state index is 5.48. The molecular weight excluding hydrogens is 254 g/mol.